The number of hydrogen-bond donors (Lipinski definition) is 0. The molecule has 0 aliphatic heterocycles. The summed E-state index contributed by atoms with van der Waals surface area (Å²) in [5.74, 6) is 0.120. The molecule has 0 aromatic heterocycles. The Kier molecular flexibility index (Phi) is 4.11. The molecule has 0 atom stereocenters. The Balaban J connectivity index is 2.95. The van der Waals surface area contributed by atoms with Gasteiger partial charge in [0.25, 0.3) is 5.91 Å². The standard InChI is InChI=1S/C14H21NO/c1-5-14(3,4)15(6-2)13(16)12-10-8-7-9-11-12/h7-11H,5-6H2,1-4H3. The van der Waals surface area contributed by atoms with Crippen LogP contribution in [0.15, 0.2) is 30.3 Å². The normalized spacial score (nSPS) is 11.2. The van der Waals surface area contributed by atoms with E-state index in [1.54, 1.807) is 0 Å². The Bertz CT molecular complexity index is 343. The van der Waals surface area contributed by atoms with Gasteiger partial charge in [-0.2, -0.15) is 0 Å². The summed E-state index contributed by atoms with van der Waals surface area (Å²) >= 11 is 0. The van der Waals surface area contributed by atoms with E-state index < -0.39 is 0 Å². The lowest BCUT2D eigenvalue weighted by Crippen LogP contribution is -2.47. The SMILES string of the molecule is CCN(C(=O)c1ccccc1)C(C)(C)CC. The van der Waals surface area contributed by atoms with E-state index in [1.165, 1.54) is 0 Å². The zero-order chi connectivity index (χ0) is 12.2. The lowest BCUT2D eigenvalue weighted by atomic mass is 9.98. The molecule has 0 bridgehead atoms. The minimum absolute atomic E-state index is 0.0817. The van der Waals surface area contributed by atoms with Crippen molar-refractivity contribution in [3.05, 3.63) is 35.9 Å². The smallest absolute Gasteiger partial charge is 0.254 e. The van der Waals surface area contributed by atoms with Crippen LogP contribution < -0.4 is 0 Å². The molecule has 2 nitrogen and oxygen atoms in total. The van der Waals surface area contributed by atoms with Crippen LogP contribution in [0.1, 0.15) is 44.5 Å². The van der Waals surface area contributed by atoms with Gasteiger partial charge in [-0.05, 0) is 39.3 Å². The van der Waals surface area contributed by atoms with Gasteiger partial charge < -0.3 is 4.90 Å². The molecule has 0 aliphatic carbocycles. The molecular weight excluding hydrogens is 198 g/mol. The van der Waals surface area contributed by atoms with Crippen molar-refractivity contribution in [2.75, 3.05) is 6.54 Å². The topological polar surface area (TPSA) is 20.3 Å². The molecule has 0 saturated carbocycles. The van der Waals surface area contributed by atoms with E-state index in [9.17, 15) is 4.79 Å². The number of benzene rings is 1. The molecule has 0 heterocycles. The Hall–Kier alpha value is -1.31. The molecule has 0 radical (unpaired) electrons. The van der Waals surface area contributed by atoms with Gasteiger partial charge >= 0.3 is 0 Å². The van der Waals surface area contributed by atoms with Crippen molar-refractivity contribution in [2.45, 2.75) is 39.7 Å². The third-order valence-corrected chi connectivity index (χ3v) is 3.18. The molecule has 88 valence electrons. The Morgan fingerprint density at radius 2 is 1.75 bits per heavy atom. The van der Waals surface area contributed by atoms with Gasteiger partial charge in [-0.25, -0.2) is 0 Å². The predicted molar refractivity (Wildman–Crippen MR) is 67.5 cm³/mol. The molecule has 0 saturated heterocycles. The van der Waals surface area contributed by atoms with Crippen molar-refractivity contribution in [2.24, 2.45) is 0 Å². The third kappa shape index (κ3) is 2.63. The summed E-state index contributed by atoms with van der Waals surface area (Å²) in [4.78, 5) is 14.2. The predicted octanol–water partition coefficient (Wildman–Crippen LogP) is 3.34. The highest BCUT2D eigenvalue weighted by Crippen LogP contribution is 2.20. The molecule has 0 spiro atoms. The first-order valence-electron chi connectivity index (χ1n) is 5.90. The average molecular weight is 219 g/mol. The fourth-order valence-corrected chi connectivity index (χ4v) is 1.77. The Labute approximate surface area is 98.3 Å². The lowest BCUT2D eigenvalue weighted by molar-refractivity contribution is 0.0557. The van der Waals surface area contributed by atoms with Crippen LogP contribution in [0.4, 0.5) is 0 Å². The second kappa shape index (κ2) is 5.15. The molecule has 1 aromatic rings. The van der Waals surface area contributed by atoms with E-state index in [1.807, 2.05) is 42.2 Å². The van der Waals surface area contributed by atoms with Crippen molar-refractivity contribution >= 4 is 5.91 Å². The zero-order valence-electron chi connectivity index (χ0n) is 10.7. The van der Waals surface area contributed by atoms with E-state index in [4.69, 9.17) is 0 Å². The number of carbonyl (C=O) groups excluding carboxylic acids is 1. The van der Waals surface area contributed by atoms with Gasteiger partial charge in [0.15, 0.2) is 0 Å². The summed E-state index contributed by atoms with van der Waals surface area (Å²) in [7, 11) is 0. The molecule has 2 heteroatoms. The monoisotopic (exact) mass is 219 g/mol. The van der Waals surface area contributed by atoms with Gasteiger partial charge in [0, 0.05) is 17.6 Å². The van der Waals surface area contributed by atoms with Crippen LogP contribution in [0.25, 0.3) is 0 Å². The first kappa shape index (κ1) is 12.8. The summed E-state index contributed by atoms with van der Waals surface area (Å²) in [6, 6.07) is 9.48. The Morgan fingerprint density at radius 3 is 2.19 bits per heavy atom. The van der Waals surface area contributed by atoms with Crippen molar-refractivity contribution in [3.63, 3.8) is 0 Å². The first-order valence-corrected chi connectivity index (χ1v) is 5.90. The zero-order valence-corrected chi connectivity index (χ0v) is 10.7. The van der Waals surface area contributed by atoms with E-state index in [2.05, 4.69) is 20.8 Å². The summed E-state index contributed by atoms with van der Waals surface area (Å²) in [6.45, 7) is 9.10. The fraction of sp³-hybridized carbons (Fsp3) is 0.500. The molecule has 1 rings (SSSR count). The van der Waals surface area contributed by atoms with Crippen LogP contribution in [0, 0.1) is 0 Å². The number of rotatable bonds is 4. The second-order valence-corrected chi connectivity index (χ2v) is 4.58. The first-order chi connectivity index (χ1) is 7.53. The van der Waals surface area contributed by atoms with Gasteiger partial charge in [-0.15, -0.1) is 0 Å². The Morgan fingerprint density at radius 1 is 1.19 bits per heavy atom. The number of amides is 1. The summed E-state index contributed by atoms with van der Waals surface area (Å²) in [6.07, 6.45) is 0.958. The van der Waals surface area contributed by atoms with Crippen molar-refractivity contribution in [3.8, 4) is 0 Å². The minimum atomic E-state index is -0.0817. The van der Waals surface area contributed by atoms with E-state index >= 15 is 0 Å². The maximum atomic E-state index is 12.3. The van der Waals surface area contributed by atoms with E-state index in [0.717, 1.165) is 18.5 Å². The summed E-state index contributed by atoms with van der Waals surface area (Å²) in [5, 5.41) is 0. The molecular formula is C14H21NO. The van der Waals surface area contributed by atoms with E-state index in [0.29, 0.717) is 0 Å². The number of carbonyl (C=O) groups is 1. The van der Waals surface area contributed by atoms with Crippen LogP contribution in [-0.2, 0) is 0 Å². The van der Waals surface area contributed by atoms with E-state index in [-0.39, 0.29) is 11.4 Å². The third-order valence-electron chi connectivity index (χ3n) is 3.18. The summed E-state index contributed by atoms with van der Waals surface area (Å²) < 4.78 is 0. The fourth-order valence-electron chi connectivity index (χ4n) is 1.77. The van der Waals surface area contributed by atoms with Crippen LogP contribution in [0.3, 0.4) is 0 Å². The van der Waals surface area contributed by atoms with Gasteiger partial charge in [-0.1, -0.05) is 25.1 Å². The van der Waals surface area contributed by atoms with Gasteiger partial charge in [0.1, 0.15) is 0 Å². The molecule has 0 aliphatic rings. The van der Waals surface area contributed by atoms with Crippen molar-refractivity contribution < 1.29 is 4.79 Å². The van der Waals surface area contributed by atoms with Gasteiger partial charge in [0.2, 0.25) is 0 Å². The highest BCUT2D eigenvalue weighted by atomic mass is 16.2. The minimum Gasteiger partial charge on any atom is -0.334 e. The maximum absolute atomic E-state index is 12.3. The van der Waals surface area contributed by atoms with Crippen LogP contribution in [0.2, 0.25) is 0 Å². The average Bonchev–Trinajstić information content (AvgIpc) is 2.30. The lowest BCUT2D eigenvalue weighted by Gasteiger charge is -2.37. The largest absolute Gasteiger partial charge is 0.334 e. The highest BCUT2D eigenvalue weighted by molar-refractivity contribution is 5.94. The second-order valence-electron chi connectivity index (χ2n) is 4.58. The van der Waals surface area contributed by atoms with Crippen LogP contribution in [-0.4, -0.2) is 22.9 Å². The van der Waals surface area contributed by atoms with Crippen LogP contribution in [0.5, 0.6) is 0 Å². The van der Waals surface area contributed by atoms with Gasteiger partial charge in [0.05, 0.1) is 0 Å². The maximum Gasteiger partial charge on any atom is 0.254 e. The number of nitrogens with zero attached hydrogens (tertiary/aromatic N) is 1. The molecule has 0 unspecified atom stereocenters. The molecule has 0 fully saturated rings. The molecule has 1 aromatic carbocycles. The van der Waals surface area contributed by atoms with Crippen LogP contribution >= 0.6 is 0 Å². The van der Waals surface area contributed by atoms with Crippen molar-refractivity contribution in [1.82, 2.24) is 4.90 Å². The molecule has 1 amide bonds. The molecule has 0 N–H and O–H groups in total. The molecule has 16 heavy (non-hydrogen) atoms. The number of hydrogen-bond acceptors (Lipinski definition) is 1. The highest BCUT2D eigenvalue weighted by Gasteiger charge is 2.28. The quantitative estimate of drug-likeness (QED) is 0.760. The van der Waals surface area contributed by atoms with Crippen molar-refractivity contribution in [1.29, 1.82) is 0 Å². The summed E-state index contributed by atoms with van der Waals surface area (Å²) in [5.41, 5.74) is 0.688. The van der Waals surface area contributed by atoms with Gasteiger partial charge in [-0.3, -0.25) is 4.79 Å².